The third-order valence-electron chi connectivity index (χ3n) is 10.6. The van der Waals surface area contributed by atoms with Crippen molar-refractivity contribution in [2.45, 2.75) is 0 Å². The van der Waals surface area contributed by atoms with Crippen molar-refractivity contribution in [2.24, 2.45) is 0 Å². The molecule has 0 aliphatic rings. The van der Waals surface area contributed by atoms with Crippen LogP contribution in [0.3, 0.4) is 0 Å². The lowest BCUT2D eigenvalue weighted by molar-refractivity contribution is 1.17. The molecule has 2 aromatic heterocycles. The average Bonchev–Trinajstić information content (AvgIpc) is 3.77. The summed E-state index contributed by atoms with van der Waals surface area (Å²) in [4.78, 5) is 0. The fourth-order valence-corrected chi connectivity index (χ4v) is 8.30. The van der Waals surface area contributed by atoms with Crippen LogP contribution in [0.5, 0.6) is 0 Å². The number of fused-ring (bicyclic) bond motifs is 6. The zero-order valence-electron chi connectivity index (χ0n) is 29.1. The van der Waals surface area contributed by atoms with Gasteiger partial charge in [0.15, 0.2) is 0 Å². The molecular formula is C50H30N4. The summed E-state index contributed by atoms with van der Waals surface area (Å²) in [5.74, 6) is 0. The molecule has 0 amide bonds. The third kappa shape index (κ3) is 4.76. The van der Waals surface area contributed by atoms with Gasteiger partial charge in [-0.3, -0.25) is 0 Å². The predicted molar refractivity (Wildman–Crippen MR) is 221 cm³/mol. The van der Waals surface area contributed by atoms with Gasteiger partial charge in [-0.05, 0) is 59.2 Å². The molecule has 2 heterocycles. The molecule has 8 aromatic carbocycles. The van der Waals surface area contributed by atoms with Crippen molar-refractivity contribution in [3.8, 4) is 56.9 Å². The van der Waals surface area contributed by atoms with Crippen molar-refractivity contribution >= 4 is 43.6 Å². The molecule has 54 heavy (non-hydrogen) atoms. The van der Waals surface area contributed by atoms with Crippen molar-refractivity contribution in [3.63, 3.8) is 0 Å². The van der Waals surface area contributed by atoms with Gasteiger partial charge in [0.2, 0.25) is 0 Å². The number of hydrogen-bond donors (Lipinski definition) is 0. The predicted octanol–water partition coefficient (Wildman–Crippen LogP) is 12.6. The van der Waals surface area contributed by atoms with Gasteiger partial charge in [0.1, 0.15) is 0 Å². The van der Waals surface area contributed by atoms with Crippen LogP contribution >= 0.6 is 0 Å². The number of hydrogen-bond acceptors (Lipinski definition) is 2. The largest absolute Gasteiger partial charge is 0.309 e. The van der Waals surface area contributed by atoms with Gasteiger partial charge in [-0.2, -0.15) is 10.5 Å². The van der Waals surface area contributed by atoms with Gasteiger partial charge in [-0.1, -0.05) is 140 Å². The molecule has 0 saturated carbocycles. The standard InChI is InChI=1S/C50H30N4/c51-31-36-28-39(29-37(32-52)48(36)34-16-6-2-7-17-34)54-49-40(33-14-4-1-5-15-33)21-12-23-43(49)44-24-13-22-41(50(44)54)35-26-27-47-45(30-35)42-20-10-11-25-46(42)53(47)38-18-8-3-9-19-38/h1-30H. The van der Waals surface area contributed by atoms with Crippen molar-refractivity contribution in [2.75, 3.05) is 0 Å². The molecule has 250 valence electrons. The van der Waals surface area contributed by atoms with Crippen LogP contribution in [0.1, 0.15) is 11.1 Å². The molecule has 0 bridgehead atoms. The Morgan fingerprint density at radius 3 is 1.50 bits per heavy atom. The van der Waals surface area contributed by atoms with Crippen molar-refractivity contribution < 1.29 is 0 Å². The minimum Gasteiger partial charge on any atom is -0.309 e. The second kappa shape index (κ2) is 12.5. The van der Waals surface area contributed by atoms with E-state index in [0.717, 1.165) is 72.0 Å². The zero-order valence-corrected chi connectivity index (χ0v) is 29.1. The Morgan fingerprint density at radius 2 is 0.870 bits per heavy atom. The van der Waals surface area contributed by atoms with Crippen LogP contribution in [0.4, 0.5) is 0 Å². The highest BCUT2D eigenvalue weighted by molar-refractivity contribution is 6.18. The Hall–Kier alpha value is -7.66. The average molecular weight is 687 g/mol. The molecule has 0 unspecified atom stereocenters. The normalized spacial score (nSPS) is 11.3. The van der Waals surface area contributed by atoms with E-state index in [2.05, 4.69) is 149 Å². The van der Waals surface area contributed by atoms with Crippen molar-refractivity contribution in [1.29, 1.82) is 10.5 Å². The summed E-state index contributed by atoms with van der Waals surface area (Å²) >= 11 is 0. The molecule has 0 radical (unpaired) electrons. The lowest BCUT2D eigenvalue weighted by Gasteiger charge is -2.16. The number of aromatic nitrogens is 2. The highest BCUT2D eigenvalue weighted by atomic mass is 15.0. The van der Waals surface area contributed by atoms with Gasteiger partial charge in [-0.15, -0.1) is 0 Å². The van der Waals surface area contributed by atoms with Crippen LogP contribution in [0, 0.1) is 22.7 Å². The Labute approximate surface area is 312 Å². The number of para-hydroxylation sites is 4. The summed E-state index contributed by atoms with van der Waals surface area (Å²) in [6.45, 7) is 0. The molecule has 10 rings (SSSR count). The fraction of sp³-hybridized carbons (Fsp3) is 0. The molecular weight excluding hydrogens is 657 g/mol. The Bertz CT molecular complexity index is 3120. The van der Waals surface area contributed by atoms with E-state index < -0.39 is 0 Å². The molecule has 0 N–H and O–H groups in total. The first kappa shape index (κ1) is 31.1. The third-order valence-corrected chi connectivity index (χ3v) is 10.6. The fourth-order valence-electron chi connectivity index (χ4n) is 8.30. The molecule has 0 atom stereocenters. The van der Waals surface area contributed by atoms with E-state index in [4.69, 9.17) is 0 Å². The second-order valence-electron chi connectivity index (χ2n) is 13.5. The summed E-state index contributed by atoms with van der Waals surface area (Å²) in [6, 6.07) is 67.7. The van der Waals surface area contributed by atoms with Crippen LogP contribution in [0.2, 0.25) is 0 Å². The molecule has 0 spiro atoms. The topological polar surface area (TPSA) is 57.4 Å². The minimum atomic E-state index is 0.454. The number of benzene rings is 8. The lowest BCUT2D eigenvalue weighted by atomic mass is 9.94. The minimum absolute atomic E-state index is 0.454. The molecule has 4 heteroatoms. The molecule has 0 saturated heterocycles. The molecule has 0 aliphatic carbocycles. The van der Waals surface area contributed by atoms with Crippen LogP contribution in [-0.4, -0.2) is 9.13 Å². The second-order valence-corrected chi connectivity index (χ2v) is 13.5. The van der Waals surface area contributed by atoms with Crippen molar-refractivity contribution in [3.05, 3.63) is 193 Å². The zero-order chi connectivity index (χ0) is 36.2. The molecule has 4 nitrogen and oxygen atoms in total. The van der Waals surface area contributed by atoms with Crippen LogP contribution in [0.15, 0.2) is 182 Å². The van der Waals surface area contributed by atoms with Gasteiger partial charge < -0.3 is 9.13 Å². The van der Waals surface area contributed by atoms with Crippen LogP contribution in [0.25, 0.3) is 88.4 Å². The Kier molecular flexibility index (Phi) is 7.22. The first-order chi connectivity index (χ1) is 26.7. The molecule has 10 aromatic rings. The number of rotatable bonds is 5. The van der Waals surface area contributed by atoms with E-state index in [0.29, 0.717) is 16.7 Å². The van der Waals surface area contributed by atoms with E-state index >= 15 is 0 Å². The maximum atomic E-state index is 10.6. The first-order valence-corrected chi connectivity index (χ1v) is 18.0. The number of nitrogens with zero attached hydrogens (tertiary/aromatic N) is 4. The lowest BCUT2D eigenvalue weighted by Crippen LogP contribution is -2.01. The summed E-state index contributed by atoms with van der Waals surface area (Å²) in [5, 5.41) is 25.8. The van der Waals surface area contributed by atoms with E-state index in [9.17, 15) is 10.5 Å². The van der Waals surface area contributed by atoms with Gasteiger partial charge in [-0.25, -0.2) is 0 Å². The van der Waals surface area contributed by atoms with E-state index in [1.165, 1.54) is 10.8 Å². The quantitative estimate of drug-likeness (QED) is 0.181. The van der Waals surface area contributed by atoms with Gasteiger partial charge in [0, 0.05) is 49.6 Å². The molecule has 0 fully saturated rings. The maximum absolute atomic E-state index is 10.6. The highest BCUT2D eigenvalue weighted by Gasteiger charge is 2.23. The SMILES string of the molecule is N#Cc1cc(-n2c3c(-c4ccccc4)cccc3c3cccc(-c4ccc5c(c4)c4ccccc4n5-c4ccccc4)c32)cc(C#N)c1-c1ccccc1. The van der Waals surface area contributed by atoms with E-state index in [1.54, 1.807) is 0 Å². The van der Waals surface area contributed by atoms with Gasteiger partial charge >= 0.3 is 0 Å². The Morgan fingerprint density at radius 1 is 0.352 bits per heavy atom. The van der Waals surface area contributed by atoms with Crippen LogP contribution < -0.4 is 0 Å². The molecule has 0 aliphatic heterocycles. The summed E-state index contributed by atoms with van der Waals surface area (Å²) < 4.78 is 4.61. The number of nitriles is 2. The smallest absolute Gasteiger partial charge is 0.0999 e. The summed E-state index contributed by atoms with van der Waals surface area (Å²) in [6.07, 6.45) is 0. The Balaban J connectivity index is 1.31. The highest BCUT2D eigenvalue weighted by Crippen LogP contribution is 2.44. The summed E-state index contributed by atoms with van der Waals surface area (Å²) in [5.41, 5.74) is 12.9. The van der Waals surface area contributed by atoms with Crippen molar-refractivity contribution in [1.82, 2.24) is 9.13 Å². The van der Waals surface area contributed by atoms with Crippen LogP contribution in [-0.2, 0) is 0 Å². The van der Waals surface area contributed by atoms with Gasteiger partial charge in [0.05, 0.1) is 45.3 Å². The van der Waals surface area contributed by atoms with E-state index in [1.807, 2.05) is 54.6 Å². The van der Waals surface area contributed by atoms with E-state index in [-0.39, 0.29) is 0 Å². The summed E-state index contributed by atoms with van der Waals surface area (Å²) in [7, 11) is 0. The van der Waals surface area contributed by atoms with Gasteiger partial charge in [0.25, 0.3) is 0 Å². The first-order valence-electron chi connectivity index (χ1n) is 18.0. The maximum Gasteiger partial charge on any atom is 0.0999 e. The monoisotopic (exact) mass is 686 g/mol.